The van der Waals surface area contributed by atoms with Gasteiger partial charge in [0.1, 0.15) is 6.61 Å². The molecule has 0 radical (unpaired) electrons. The Morgan fingerprint density at radius 3 is 2.96 bits per heavy atom. The van der Waals surface area contributed by atoms with Gasteiger partial charge in [0, 0.05) is 23.0 Å². The second-order valence-electron chi connectivity index (χ2n) is 5.08. The third-order valence-corrected chi connectivity index (χ3v) is 5.15. The van der Waals surface area contributed by atoms with E-state index in [4.69, 9.17) is 27.9 Å². The highest BCUT2D eigenvalue weighted by atomic mass is 35.5. The maximum absolute atomic E-state index is 12.1. The summed E-state index contributed by atoms with van der Waals surface area (Å²) in [5, 5.41) is 3.73. The number of nitrogens with one attached hydrogen (secondary N) is 1. The van der Waals surface area contributed by atoms with Crippen molar-refractivity contribution in [1.82, 2.24) is 10.2 Å². The molecule has 0 bridgehead atoms. The van der Waals surface area contributed by atoms with Gasteiger partial charge in [-0.15, -0.1) is 11.8 Å². The van der Waals surface area contributed by atoms with Crippen LogP contribution in [-0.2, 0) is 9.53 Å². The van der Waals surface area contributed by atoms with Gasteiger partial charge in [0.2, 0.25) is 5.91 Å². The Morgan fingerprint density at radius 1 is 1.48 bits per heavy atom. The van der Waals surface area contributed by atoms with Gasteiger partial charge in [-0.25, -0.2) is 4.79 Å². The molecule has 1 unspecified atom stereocenters. The molecule has 1 aromatic rings. The fraction of sp³-hybridized carbons (Fsp3) is 0.467. The third kappa shape index (κ3) is 5.48. The molecule has 1 N–H and O–H groups in total. The van der Waals surface area contributed by atoms with E-state index < -0.39 is 0 Å². The van der Waals surface area contributed by atoms with E-state index >= 15 is 0 Å². The average molecular weight is 377 g/mol. The number of rotatable bonds is 7. The van der Waals surface area contributed by atoms with Crippen LogP contribution in [0.5, 0.6) is 0 Å². The fourth-order valence-corrected chi connectivity index (χ4v) is 3.50. The normalized spacial score (nSPS) is 15.4. The maximum atomic E-state index is 12.1. The molecule has 1 aliphatic heterocycles. The van der Waals surface area contributed by atoms with Gasteiger partial charge in [0.25, 0.3) is 0 Å². The first kappa shape index (κ1) is 18.2. The Labute approximate surface area is 149 Å². The van der Waals surface area contributed by atoms with E-state index in [-0.39, 0.29) is 17.3 Å². The molecule has 2 rings (SSSR count). The van der Waals surface area contributed by atoms with Crippen LogP contribution in [0.2, 0.25) is 10.0 Å². The number of thioether (sulfide) groups is 1. The number of hydrogen-bond donors (Lipinski definition) is 1. The summed E-state index contributed by atoms with van der Waals surface area (Å²) in [5.74, 6) is -0.0740. The number of ether oxygens (including phenoxy) is 1. The first-order chi connectivity index (χ1) is 11.0. The maximum Gasteiger partial charge on any atom is 0.409 e. The van der Waals surface area contributed by atoms with Gasteiger partial charge in [0.15, 0.2) is 0 Å². The number of benzene rings is 1. The van der Waals surface area contributed by atoms with E-state index in [1.807, 2.05) is 6.92 Å². The number of amides is 2. The van der Waals surface area contributed by atoms with Crippen LogP contribution in [-0.4, -0.2) is 48.4 Å². The summed E-state index contributed by atoms with van der Waals surface area (Å²) in [4.78, 5) is 25.8. The molecule has 23 heavy (non-hydrogen) atoms. The largest absolute Gasteiger partial charge is 0.448 e. The van der Waals surface area contributed by atoms with Gasteiger partial charge < -0.3 is 15.0 Å². The molecule has 1 aromatic carbocycles. The van der Waals surface area contributed by atoms with Crippen molar-refractivity contribution in [3.8, 4) is 0 Å². The molecule has 126 valence electrons. The van der Waals surface area contributed by atoms with Crippen molar-refractivity contribution >= 4 is 47.0 Å². The molecule has 0 saturated carbocycles. The third-order valence-electron chi connectivity index (χ3n) is 3.32. The molecule has 0 spiro atoms. The second-order valence-corrected chi connectivity index (χ2v) is 7.31. The van der Waals surface area contributed by atoms with Crippen molar-refractivity contribution < 1.29 is 14.3 Å². The molecule has 2 amide bonds. The summed E-state index contributed by atoms with van der Waals surface area (Å²) < 4.78 is 4.84. The van der Waals surface area contributed by atoms with Gasteiger partial charge in [-0.1, -0.05) is 23.2 Å². The Balaban J connectivity index is 1.72. The quantitative estimate of drug-likeness (QED) is 0.584. The Kier molecular flexibility index (Phi) is 6.87. The molecule has 1 atom stereocenters. The SMILES string of the molecule is CC(Sc1cc(Cl)ccc1Cl)C(=O)NCCCN1CCOC1=O. The van der Waals surface area contributed by atoms with E-state index in [1.54, 1.807) is 23.1 Å². The van der Waals surface area contributed by atoms with Gasteiger partial charge in [0.05, 0.1) is 16.8 Å². The minimum atomic E-state index is -0.289. The highest BCUT2D eigenvalue weighted by molar-refractivity contribution is 8.00. The molecular formula is C15H18Cl2N2O3S. The number of cyclic esters (lactones) is 1. The van der Waals surface area contributed by atoms with Crippen LogP contribution in [0, 0.1) is 0 Å². The lowest BCUT2D eigenvalue weighted by molar-refractivity contribution is -0.120. The molecule has 1 heterocycles. The zero-order valence-electron chi connectivity index (χ0n) is 12.7. The van der Waals surface area contributed by atoms with Crippen molar-refractivity contribution in [3.05, 3.63) is 28.2 Å². The van der Waals surface area contributed by atoms with Gasteiger partial charge in [-0.2, -0.15) is 0 Å². The lowest BCUT2D eigenvalue weighted by atomic mass is 10.3. The van der Waals surface area contributed by atoms with Crippen molar-refractivity contribution in [2.24, 2.45) is 0 Å². The Morgan fingerprint density at radius 2 is 2.26 bits per heavy atom. The van der Waals surface area contributed by atoms with E-state index in [0.717, 1.165) is 4.90 Å². The molecule has 1 saturated heterocycles. The summed E-state index contributed by atoms with van der Waals surface area (Å²) in [5.41, 5.74) is 0. The van der Waals surface area contributed by atoms with E-state index in [1.165, 1.54) is 11.8 Å². The number of carbonyl (C=O) groups excluding carboxylic acids is 2. The van der Waals surface area contributed by atoms with Crippen molar-refractivity contribution in [2.45, 2.75) is 23.5 Å². The molecule has 1 fully saturated rings. The first-order valence-electron chi connectivity index (χ1n) is 7.28. The lowest BCUT2D eigenvalue weighted by Gasteiger charge is -2.15. The summed E-state index contributed by atoms with van der Waals surface area (Å²) in [6.07, 6.45) is 0.409. The van der Waals surface area contributed by atoms with Crippen molar-refractivity contribution in [3.63, 3.8) is 0 Å². The van der Waals surface area contributed by atoms with E-state index in [0.29, 0.717) is 42.7 Å². The fourth-order valence-electron chi connectivity index (χ4n) is 2.07. The van der Waals surface area contributed by atoms with Crippen LogP contribution in [0.25, 0.3) is 0 Å². The van der Waals surface area contributed by atoms with Crippen LogP contribution in [0.15, 0.2) is 23.1 Å². The monoisotopic (exact) mass is 376 g/mol. The van der Waals surface area contributed by atoms with Crippen LogP contribution < -0.4 is 5.32 Å². The molecule has 1 aliphatic rings. The van der Waals surface area contributed by atoms with Crippen molar-refractivity contribution in [1.29, 1.82) is 0 Å². The standard InChI is InChI=1S/C15H18Cl2N2O3S/c1-10(23-13-9-11(16)3-4-12(13)17)14(20)18-5-2-6-19-7-8-22-15(19)21/h3-4,9-10H,2,5-8H2,1H3,(H,18,20). The number of nitrogens with zero attached hydrogens (tertiary/aromatic N) is 1. The summed E-state index contributed by atoms with van der Waals surface area (Å²) in [7, 11) is 0. The van der Waals surface area contributed by atoms with Crippen molar-refractivity contribution in [2.75, 3.05) is 26.2 Å². The number of halogens is 2. The minimum Gasteiger partial charge on any atom is -0.448 e. The number of carbonyl (C=O) groups is 2. The predicted octanol–water partition coefficient (Wildman–Crippen LogP) is 3.43. The van der Waals surface area contributed by atoms with Gasteiger partial charge >= 0.3 is 6.09 Å². The average Bonchev–Trinajstić information content (AvgIpc) is 2.92. The van der Waals surface area contributed by atoms with E-state index in [2.05, 4.69) is 5.32 Å². The molecule has 8 heteroatoms. The zero-order chi connectivity index (χ0) is 16.8. The Bertz CT molecular complexity index is 586. The lowest BCUT2D eigenvalue weighted by Crippen LogP contribution is -2.34. The highest BCUT2D eigenvalue weighted by Crippen LogP contribution is 2.32. The predicted molar refractivity (Wildman–Crippen MR) is 92.3 cm³/mol. The summed E-state index contributed by atoms with van der Waals surface area (Å²) in [6, 6.07) is 5.17. The second kappa shape index (κ2) is 8.66. The topological polar surface area (TPSA) is 58.6 Å². The first-order valence-corrected chi connectivity index (χ1v) is 8.92. The zero-order valence-corrected chi connectivity index (χ0v) is 15.0. The number of hydrogen-bond acceptors (Lipinski definition) is 4. The summed E-state index contributed by atoms with van der Waals surface area (Å²) in [6.45, 7) is 3.97. The molecule has 5 nitrogen and oxygen atoms in total. The van der Waals surface area contributed by atoms with Crippen LogP contribution in [0.3, 0.4) is 0 Å². The van der Waals surface area contributed by atoms with Gasteiger partial charge in [-0.3, -0.25) is 4.79 Å². The minimum absolute atomic E-state index is 0.0740. The van der Waals surface area contributed by atoms with Crippen LogP contribution in [0.1, 0.15) is 13.3 Å². The molecular weight excluding hydrogens is 359 g/mol. The molecule has 0 aliphatic carbocycles. The van der Waals surface area contributed by atoms with Crippen LogP contribution in [0.4, 0.5) is 4.79 Å². The van der Waals surface area contributed by atoms with Gasteiger partial charge in [-0.05, 0) is 31.5 Å². The smallest absolute Gasteiger partial charge is 0.409 e. The highest BCUT2D eigenvalue weighted by Gasteiger charge is 2.21. The Hall–Kier alpha value is -1.11. The molecule has 0 aromatic heterocycles. The summed E-state index contributed by atoms with van der Waals surface area (Å²) >= 11 is 13.4. The van der Waals surface area contributed by atoms with Crippen LogP contribution >= 0.6 is 35.0 Å². The van der Waals surface area contributed by atoms with E-state index in [9.17, 15) is 9.59 Å².